The Morgan fingerprint density at radius 3 is 1.91 bits per heavy atom. The van der Waals surface area contributed by atoms with E-state index in [0.717, 1.165) is 36.3 Å². The molecular weight excluding hydrogens is 327 g/mol. The van der Waals surface area contributed by atoms with Gasteiger partial charge in [0, 0.05) is 22.7 Å². The molecule has 2 aromatic carbocycles. The van der Waals surface area contributed by atoms with Crippen LogP contribution in [0.5, 0.6) is 0 Å². The summed E-state index contributed by atoms with van der Waals surface area (Å²) >= 11 is 0. The molecule has 2 rings (SSSR count). The minimum absolute atomic E-state index is 0. The van der Waals surface area contributed by atoms with Crippen molar-refractivity contribution in [3.63, 3.8) is 0 Å². The molecule has 0 aromatic heterocycles. The van der Waals surface area contributed by atoms with Gasteiger partial charge in [0.05, 0.1) is 17.1 Å². The van der Waals surface area contributed by atoms with Gasteiger partial charge >= 0.3 is 0 Å². The molecule has 0 aliphatic carbocycles. The Morgan fingerprint density at radius 1 is 0.870 bits per heavy atom. The third-order valence-corrected chi connectivity index (χ3v) is 3.49. The van der Waals surface area contributed by atoms with Gasteiger partial charge in [-0.2, -0.15) is 0 Å². The Balaban J connectivity index is 0.00000264. The van der Waals surface area contributed by atoms with Crippen molar-refractivity contribution >= 4 is 23.3 Å². The minimum Gasteiger partial charge on any atom is -0.255 e. The van der Waals surface area contributed by atoms with E-state index in [9.17, 15) is 0 Å². The fourth-order valence-corrected chi connectivity index (χ4v) is 2.07. The first-order valence-electron chi connectivity index (χ1n) is 7.92. The average molecular weight is 351 g/mol. The zero-order valence-electron chi connectivity index (χ0n) is 14.0. The molecule has 0 heterocycles. The second-order valence-electron chi connectivity index (χ2n) is 5.64. The Labute approximate surface area is 149 Å². The van der Waals surface area contributed by atoms with E-state index in [-0.39, 0.29) is 16.5 Å². The molecular formula is C20H24N2Ni. The molecule has 3 heteroatoms. The van der Waals surface area contributed by atoms with Crippen LogP contribution in [0, 0.1) is 13.8 Å². The number of aryl methyl sites for hydroxylation is 2. The molecule has 124 valence electrons. The third kappa shape index (κ3) is 6.92. The Morgan fingerprint density at radius 2 is 1.39 bits per heavy atom. The molecule has 0 saturated heterocycles. The molecule has 0 aliphatic heterocycles. The van der Waals surface area contributed by atoms with Crippen molar-refractivity contribution < 1.29 is 16.5 Å². The standard InChI is InChI=1S/C20H24N2.Ni/c1-4-5-6-20(22-19-13-9-17(3)10-14-19)15-21-18-11-7-16(2)8-12-18;/h7-15H,4-6H2,1-3H3;/b21-15+,22-20+;. The number of rotatable bonds is 6. The van der Waals surface area contributed by atoms with Crippen molar-refractivity contribution in [3.8, 4) is 0 Å². The summed E-state index contributed by atoms with van der Waals surface area (Å²) in [4.78, 5) is 9.30. The largest absolute Gasteiger partial charge is 0.255 e. The molecule has 2 nitrogen and oxygen atoms in total. The summed E-state index contributed by atoms with van der Waals surface area (Å²) in [5.74, 6) is 0. The number of aliphatic imine (C=N–C) groups is 2. The van der Waals surface area contributed by atoms with Crippen LogP contribution in [0.2, 0.25) is 0 Å². The van der Waals surface area contributed by atoms with Gasteiger partial charge in [-0.3, -0.25) is 9.98 Å². The second kappa shape index (κ2) is 10.1. The van der Waals surface area contributed by atoms with Gasteiger partial charge in [0.1, 0.15) is 0 Å². The summed E-state index contributed by atoms with van der Waals surface area (Å²) < 4.78 is 0. The number of unbranched alkanes of at least 4 members (excludes halogenated alkanes) is 1. The first-order valence-corrected chi connectivity index (χ1v) is 7.92. The summed E-state index contributed by atoms with van der Waals surface area (Å²) in [7, 11) is 0. The fraction of sp³-hybridized carbons (Fsp3) is 0.300. The van der Waals surface area contributed by atoms with E-state index in [1.807, 2.05) is 18.3 Å². The van der Waals surface area contributed by atoms with Crippen molar-refractivity contribution in [2.75, 3.05) is 0 Å². The van der Waals surface area contributed by atoms with Gasteiger partial charge in [-0.1, -0.05) is 48.7 Å². The molecule has 0 spiro atoms. The quantitative estimate of drug-likeness (QED) is 0.453. The molecule has 2 aromatic rings. The minimum atomic E-state index is 0. The molecule has 0 bridgehead atoms. The molecule has 0 fully saturated rings. The van der Waals surface area contributed by atoms with E-state index in [1.54, 1.807) is 0 Å². The van der Waals surface area contributed by atoms with Crippen molar-refractivity contribution in [1.82, 2.24) is 0 Å². The van der Waals surface area contributed by atoms with Crippen LogP contribution in [-0.2, 0) is 16.5 Å². The van der Waals surface area contributed by atoms with Crippen LogP contribution in [-0.4, -0.2) is 11.9 Å². The van der Waals surface area contributed by atoms with E-state index >= 15 is 0 Å². The maximum absolute atomic E-state index is 4.74. The number of benzene rings is 2. The number of nitrogens with zero attached hydrogens (tertiary/aromatic N) is 2. The molecule has 0 atom stereocenters. The van der Waals surface area contributed by atoms with E-state index in [1.165, 1.54) is 11.1 Å². The maximum Gasteiger partial charge on any atom is 0.0633 e. The Hall–Kier alpha value is -1.73. The van der Waals surface area contributed by atoms with E-state index in [0.29, 0.717) is 0 Å². The molecule has 0 unspecified atom stereocenters. The predicted octanol–water partition coefficient (Wildman–Crippen LogP) is 5.97. The zero-order chi connectivity index (χ0) is 15.8. The molecule has 0 aliphatic rings. The Kier molecular flexibility index (Phi) is 8.50. The van der Waals surface area contributed by atoms with Crippen LogP contribution in [0.15, 0.2) is 58.5 Å². The summed E-state index contributed by atoms with van der Waals surface area (Å²) in [5.41, 5.74) is 5.50. The molecule has 0 radical (unpaired) electrons. The van der Waals surface area contributed by atoms with Gasteiger partial charge in [-0.15, -0.1) is 0 Å². The van der Waals surface area contributed by atoms with Crippen LogP contribution >= 0.6 is 0 Å². The molecule has 23 heavy (non-hydrogen) atoms. The summed E-state index contributed by atoms with van der Waals surface area (Å²) in [6, 6.07) is 16.5. The zero-order valence-corrected chi connectivity index (χ0v) is 15.0. The second-order valence-corrected chi connectivity index (χ2v) is 5.64. The van der Waals surface area contributed by atoms with Crippen molar-refractivity contribution in [2.45, 2.75) is 40.0 Å². The van der Waals surface area contributed by atoms with Gasteiger partial charge in [0.15, 0.2) is 0 Å². The number of hydrogen-bond donors (Lipinski definition) is 0. The third-order valence-electron chi connectivity index (χ3n) is 3.49. The average Bonchev–Trinajstić information content (AvgIpc) is 2.53. The van der Waals surface area contributed by atoms with Crippen LogP contribution in [0.4, 0.5) is 11.4 Å². The van der Waals surface area contributed by atoms with E-state index < -0.39 is 0 Å². The van der Waals surface area contributed by atoms with Crippen LogP contribution in [0.25, 0.3) is 0 Å². The smallest absolute Gasteiger partial charge is 0.0633 e. The van der Waals surface area contributed by atoms with Crippen LogP contribution in [0.3, 0.4) is 0 Å². The van der Waals surface area contributed by atoms with Gasteiger partial charge in [-0.05, 0) is 51.0 Å². The van der Waals surface area contributed by atoms with Crippen molar-refractivity contribution in [1.29, 1.82) is 0 Å². The van der Waals surface area contributed by atoms with E-state index in [4.69, 9.17) is 4.99 Å². The van der Waals surface area contributed by atoms with E-state index in [2.05, 4.69) is 62.2 Å². The topological polar surface area (TPSA) is 24.7 Å². The van der Waals surface area contributed by atoms with Gasteiger partial charge in [0.2, 0.25) is 0 Å². The van der Waals surface area contributed by atoms with Gasteiger partial charge < -0.3 is 0 Å². The fourth-order valence-electron chi connectivity index (χ4n) is 2.07. The summed E-state index contributed by atoms with van der Waals surface area (Å²) in [6.07, 6.45) is 5.15. The van der Waals surface area contributed by atoms with Crippen molar-refractivity contribution in [2.24, 2.45) is 9.98 Å². The van der Waals surface area contributed by atoms with Gasteiger partial charge in [-0.25, -0.2) is 0 Å². The maximum atomic E-state index is 4.74. The normalized spacial score (nSPS) is 11.5. The van der Waals surface area contributed by atoms with Gasteiger partial charge in [0.25, 0.3) is 0 Å². The van der Waals surface area contributed by atoms with Crippen LogP contribution < -0.4 is 0 Å². The first-order chi connectivity index (χ1) is 10.7. The Bertz CT molecular complexity index is 640. The van der Waals surface area contributed by atoms with Crippen molar-refractivity contribution in [3.05, 3.63) is 59.7 Å². The summed E-state index contributed by atoms with van der Waals surface area (Å²) in [6.45, 7) is 6.37. The number of hydrogen-bond acceptors (Lipinski definition) is 2. The monoisotopic (exact) mass is 350 g/mol. The molecule has 0 saturated carbocycles. The SMILES string of the molecule is CCCCC(/C=N/c1ccc(C)cc1)=N\c1ccc(C)cc1.[Ni]. The molecule has 0 N–H and O–H groups in total. The first kappa shape index (κ1) is 19.3. The summed E-state index contributed by atoms with van der Waals surface area (Å²) in [5, 5.41) is 0. The molecule has 0 amide bonds. The van der Waals surface area contributed by atoms with Crippen LogP contribution in [0.1, 0.15) is 37.3 Å². The predicted molar refractivity (Wildman–Crippen MR) is 97.1 cm³/mol.